The molecular weight excluding hydrogens is 220 g/mol. The van der Waals surface area contributed by atoms with Crippen LogP contribution in [0.25, 0.3) is 0 Å². The summed E-state index contributed by atoms with van der Waals surface area (Å²) in [6.45, 7) is 2.03. The standard InChI is InChI=1S/C11H18N4O2/c1-17-10-6-9(13-11(12)14-10)15-4-2-8(7-16)3-5-15/h6,8,16H,2-5,7H2,1H3,(H2,12,13,14). The van der Waals surface area contributed by atoms with Crippen LogP contribution in [0.1, 0.15) is 12.8 Å². The summed E-state index contributed by atoms with van der Waals surface area (Å²) in [7, 11) is 1.56. The second kappa shape index (κ2) is 5.18. The zero-order chi connectivity index (χ0) is 12.3. The number of anilines is 2. The van der Waals surface area contributed by atoms with E-state index in [1.165, 1.54) is 0 Å². The molecular formula is C11H18N4O2. The molecule has 0 bridgehead atoms. The lowest BCUT2D eigenvalue weighted by Gasteiger charge is -2.32. The van der Waals surface area contributed by atoms with Crippen LogP contribution in [-0.4, -0.2) is 41.9 Å². The van der Waals surface area contributed by atoms with E-state index in [2.05, 4.69) is 14.9 Å². The number of methoxy groups -OCH3 is 1. The number of hydrogen-bond donors (Lipinski definition) is 2. The topological polar surface area (TPSA) is 84.5 Å². The summed E-state index contributed by atoms with van der Waals surface area (Å²) in [5.74, 6) is 1.92. The van der Waals surface area contributed by atoms with E-state index >= 15 is 0 Å². The first kappa shape index (κ1) is 11.9. The van der Waals surface area contributed by atoms with Gasteiger partial charge in [0.15, 0.2) is 0 Å². The van der Waals surface area contributed by atoms with Crippen molar-refractivity contribution in [3.63, 3.8) is 0 Å². The fourth-order valence-corrected chi connectivity index (χ4v) is 2.04. The number of aliphatic hydroxyl groups excluding tert-OH is 1. The lowest BCUT2D eigenvalue weighted by Crippen LogP contribution is -2.35. The van der Waals surface area contributed by atoms with Crippen LogP contribution in [0.4, 0.5) is 11.8 Å². The summed E-state index contributed by atoms with van der Waals surface area (Å²) < 4.78 is 5.07. The fourth-order valence-electron chi connectivity index (χ4n) is 2.04. The lowest BCUT2D eigenvalue weighted by molar-refractivity contribution is 0.202. The quantitative estimate of drug-likeness (QED) is 0.786. The van der Waals surface area contributed by atoms with Gasteiger partial charge in [0.2, 0.25) is 11.8 Å². The van der Waals surface area contributed by atoms with Gasteiger partial charge in [-0.15, -0.1) is 0 Å². The Bertz CT molecular complexity index is 378. The molecule has 17 heavy (non-hydrogen) atoms. The van der Waals surface area contributed by atoms with Gasteiger partial charge in [0, 0.05) is 25.8 Å². The third-order valence-electron chi connectivity index (χ3n) is 3.11. The van der Waals surface area contributed by atoms with Gasteiger partial charge in [-0.1, -0.05) is 0 Å². The first-order valence-electron chi connectivity index (χ1n) is 5.77. The number of nitrogen functional groups attached to an aromatic ring is 1. The molecule has 2 heterocycles. The highest BCUT2D eigenvalue weighted by atomic mass is 16.5. The molecule has 1 fully saturated rings. The van der Waals surface area contributed by atoms with Crippen molar-refractivity contribution >= 4 is 11.8 Å². The van der Waals surface area contributed by atoms with Gasteiger partial charge < -0.3 is 20.5 Å². The van der Waals surface area contributed by atoms with Crippen LogP contribution in [0, 0.1) is 5.92 Å². The van der Waals surface area contributed by atoms with Crippen molar-refractivity contribution in [2.75, 3.05) is 37.4 Å². The number of ether oxygens (including phenoxy) is 1. The average Bonchev–Trinajstić information content (AvgIpc) is 2.38. The Kier molecular flexibility index (Phi) is 3.63. The summed E-state index contributed by atoms with van der Waals surface area (Å²) in [5, 5.41) is 9.09. The predicted octanol–water partition coefficient (Wildman–Crippen LogP) is 0.276. The number of aliphatic hydroxyl groups is 1. The molecule has 3 N–H and O–H groups in total. The maximum absolute atomic E-state index is 9.09. The SMILES string of the molecule is COc1cc(N2CCC(CO)CC2)nc(N)n1. The Morgan fingerprint density at radius 2 is 2.18 bits per heavy atom. The molecule has 0 amide bonds. The molecule has 1 aromatic rings. The summed E-state index contributed by atoms with van der Waals surface area (Å²) >= 11 is 0. The van der Waals surface area contributed by atoms with Gasteiger partial charge >= 0.3 is 0 Å². The van der Waals surface area contributed by atoms with Crippen LogP contribution >= 0.6 is 0 Å². The van der Waals surface area contributed by atoms with Crippen LogP contribution in [0.3, 0.4) is 0 Å². The summed E-state index contributed by atoms with van der Waals surface area (Å²) in [5.41, 5.74) is 5.63. The molecule has 0 aromatic carbocycles. The van der Waals surface area contributed by atoms with Gasteiger partial charge in [0.05, 0.1) is 7.11 Å². The minimum atomic E-state index is 0.226. The van der Waals surface area contributed by atoms with E-state index in [0.717, 1.165) is 31.7 Å². The van der Waals surface area contributed by atoms with Crippen LogP contribution in [0.2, 0.25) is 0 Å². The van der Waals surface area contributed by atoms with E-state index in [0.29, 0.717) is 11.8 Å². The Labute approximate surface area is 100 Å². The van der Waals surface area contributed by atoms with Crippen LogP contribution in [0.5, 0.6) is 5.88 Å². The van der Waals surface area contributed by atoms with Crippen molar-refractivity contribution in [3.8, 4) is 5.88 Å². The number of nitrogens with two attached hydrogens (primary N) is 1. The number of nitrogens with zero attached hydrogens (tertiary/aromatic N) is 3. The molecule has 1 aliphatic heterocycles. The van der Waals surface area contributed by atoms with E-state index in [9.17, 15) is 0 Å². The first-order valence-corrected chi connectivity index (χ1v) is 5.77. The van der Waals surface area contributed by atoms with E-state index in [1.807, 2.05) is 0 Å². The summed E-state index contributed by atoms with van der Waals surface area (Å²) in [6.07, 6.45) is 1.95. The monoisotopic (exact) mass is 238 g/mol. The smallest absolute Gasteiger partial charge is 0.225 e. The zero-order valence-electron chi connectivity index (χ0n) is 9.96. The van der Waals surface area contributed by atoms with Crippen LogP contribution in [-0.2, 0) is 0 Å². The van der Waals surface area contributed by atoms with Gasteiger partial charge in [0.1, 0.15) is 5.82 Å². The Balaban J connectivity index is 2.10. The van der Waals surface area contributed by atoms with Crippen molar-refractivity contribution < 1.29 is 9.84 Å². The second-order valence-electron chi connectivity index (χ2n) is 4.24. The molecule has 6 nitrogen and oxygen atoms in total. The van der Waals surface area contributed by atoms with Gasteiger partial charge in [-0.25, -0.2) is 0 Å². The molecule has 0 unspecified atom stereocenters. The number of hydrogen-bond acceptors (Lipinski definition) is 6. The van der Waals surface area contributed by atoms with Gasteiger partial charge in [-0.2, -0.15) is 9.97 Å². The highest BCUT2D eigenvalue weighted by Crippen LogP contribution is 2.24. The van der Waals surface area contributed by atoms with E-state index < -0.39 is 0 Å². The molecule has 0 spiro atoms. The van der Waals surface area contributed by atoms with E-state index in [1.54, 1.807) is 13.2 Å². The minimum Gasteiger partial charge on any atom is -0.481 e. The molecule has 0 radical (unpaired) electrons. The predicted molar refractivity (Wildman–Crippen MR) is 65.0 cm³/mol. The molecule has 1 aliphatic rings. The van der Waals surface area contributed by atoms with E-state index in [-0.39, 0.29) is 12.6 Å². The van der Waals surface area contributed by atoms with Gasteiger partial charge in [-0.3, -0.25) is 0 Å². The number of piperidine rings is 1. The lowest BCUT2D eigenvalue weighted by atomic mass is 9.98. The summed E-state index contributed by atoms with van der Waals surface area (Å²) in [6, 6.07) is 1.79. The third-order valence-corrected chi connectivity index (χ3v) is 3.11. The third kappa shape index (κ3) is 2.76. The fraction of sp³-hybridized carbons (Fsp3) is 0.636. The maximum Gasteiger partial charge on any atom is 0.225 e. The Hall–Kier alpha value is -1.56. The van der Waals surface area contributed by atoms with Crippen molar-refractivity contribution in [3.05, 3.63) is 6.07 Å². The molecule has 6 heteroatoms. The van der Waals surface area contributed by atoms with Crippen molar-refractivity contribution in [1.82, 2.24) is 9.97 Å². The molecule has 1 aromatic heterocycles. The number of aromatic nitrogens is 2. The van der Waals surface area contributed by atoms with Gasteiger partial charge in [-0.05, 0) is 18.8 Å². The minimum absolute atomic E-state index is 0.226. The second-order valence-corrected chi connectivity index (χ2v) is 4.24. The van der Waals surface area contributed by atoms with Crippen LogP contribution < -0.4 is 15.4 Å². The Morgan fingerprint density at radius 1 is 1.47 bits per heavy atom. The van der Waals surface area contributed by atoms with E-state index in [4.69, 9.17) is 15.6 Å². The maximum atomic E-state index is 9.09. The summed E-state index contributed by atoms with van der Waals surface area (Å²) in [4.78, 5) is 10.3. The molecule has 1 saturated heterocycles. The first-order chi connectivity index (χ1) is 8.22. The molecule has 94 valence electrons. The van der Waals surface area contributed by atoms with Crippen molar-refractivity contribution in [2.24, 2.45) is 5.92 Å². The largest absolute Gasteiger partial charge is 0.481 e. The normalized spacial score (nSPS) is 17.2. The van der Waals surface area contributed by atoms with Crippen molar-refractivity contribution in [2.45, 2.75) is 12.8 Å². The molecule has 2 rings (SSSR count). The average molecular weight is 238 g/mol. The van der Waals surface area contributed by atoms with Crippen molar-refractivity contribution in [1.29, 1.82) is 0 Å². The molecule has 0 aliphatic carbocycles. The molecule has 0 saturated carbocycles. The highest BCUT2D eigenvalue weighted by molar-refractivity contribution is 5.45. The number of rotatable bonds is 3. The molecule has 0 atom stereocenters. The zero-order valence-corrected chi connectivity index (χ0v) is 9.96. The van der Waals surface area contributed by atoms with Gasteiger partial charge in [0.25, 0.3) is 0 Å². The Morgan fingerprint density at radius 3 is 2.76 bits per heavy atom. The van der Waals surface area contributed by atoms with Crippen LogP contribution in [0.15, 0.2) is 6.07 Å². The highest BCUT2D eigenvalue weighted by Gasteiger charge is 2.20.